The molecule has 4 aromatic carbocycles. The van der Waals surface area contributed by atoms with Crippen LogP contribution in [0.2, 0.25) is 0 Å². The van der Waals surface area contributed by atoms with Crippen LogP contribution in [0.4, 0.5) is 11.4 Å². The number of amides is 3. The van der Waals surface area contributed by atoms with Crippen molar-refractivity contribution < 1.29 is 38.6 Å². The smallest absolute Gasteiger partial charge is 0.305 e. The Morgan fingerprint density at radius 1 is 0.645 bits per heavy atom. The van der Waals surface area contributed by atoms with E-state index >= 15 is 0 Å². The molecule has 4 aromatic rings. The summed E-state index contributed by atoms with van der Waals surface area (Å²) in [5.74, 6) is -0.992. The first-order valence-electron chi connectivity index (χ1n) is 21.6. The number of ketones is 1. The minimum Gasteiger partial charge on any atom is -0.481 e. The van der Waals surface area contributed by atoms with Gasteiger partial charge in [0.25, 0.3) is 11.8 Å². The maximum atomic E-state index is 13.5. The van der Waals surface area contributed by atoms with Crippen LogP contribution in [-0.2, 0) is 23.9 Å². The molecule has 12 heteroatoms. The predicted molar refractivity (Wildman–Crippen MR) is 238 cm³/mol. The zero-order valence-corrected chi connectivity index (χ0v) is 36.0. The fraction of sp³-hybridized carbons (Fsp3) is 0.400. The minimum absolute atomic E-state index is 0.0125. The zero-order chi connectivity index (χ0) is 44.5. The molecule has 2 fully saturated rings. The van der Waals surface area contributed by atoms with E-state index in [4.69, 9.17) is 10.8 Å². The zero-order valence-electron chi connectivity index (χ0n) is 36.0. The number of anilines is 2. The normalized spacial score (nSPS) is 21.6. The maximum Gasteiger partial charge on any atom is 0.305 e. The van der Waals surface area contributed by atoms with Gasteiger partial charge < -0.3 is 35.5 Å². The highest BCUT2D eigenvalue weighted by atomic mass is 16.5. The SMILES string of the molecule is COC(=O)CCC(C)=O.Cc1ccc(C(=O)N2c3ccccc3C(N)C3CCCC32)cc1.Cc1ccc(C(=O)N2c3ccccc3C(NC(=O)CCC(=O)O)C3CCCC32)cc1. The van der Waals surface area contributed by atoms with Crippen LogP contribution in [-0.4, -0.2) is 59.7 Å². The number of rotatable bonds is 9. The van der Waals surface area contributed by atoms with Crippen molar-refractivity contribution in [3.05, 3.63) is 130 Å². The second-order valence-electron chi connectivity index (χ2n) is 16.8. The average molecular weight is 843 g/mol. The molecule has 4 aliphatic rings. The molecule has 6 atom stereocenters. The Kier molecular flexibility index (Phi) is 15.1. The van der Waals surface area contributed by atoms with E-state index in [1.165, 1.54) is 19.6 Å². The Hall–Kier alpha value is -6.14. The van der Waals surface area contributed by atoms with E-state index in [-0.39, 0.29) is 85.2 Å². The Bertz CT molecular complexity index is 2260. The van der Waals surface area contributed by atoms with Gasteiger partial charge in [-0.2, -0.15) is 0 Å². The van der Waals surface area contributed by atoms with Gasteiger partial charge in [0.15, 0.2) is 0 Å². The number of hydrogen-bond donors (Lipinski definition) is 3. The van der Waals surface area contributed by atoms with E-state index in [1.807, 2.05) is 115 Å². The molecule has 2 saturated carbocycles. The van der Waals surface area contributed by atoms with Gasteiger partial charge in [-0.15, -0.1) is 0 Å². The van der Waals surface area contributed by atoms with Crippen molar-refractivity contribution in [3.63, 3.8) is 0 Å². The number of benzene rings is 4. The summed E-state index contributed by atoms with van der Waals surface area (Å²) in [6.45, 7) is 5.48. The van der Waals surface area contributed by atoms with E-state index in [2.05, 4.69) is 16.1 Å². The van der Waals surface area contributed by atoms with E-state index in [0.29, 0.717) is 11.5 Å². The van der Waals surface area contributed by atoms with Gasteiger partial charge in [0.2, 0.25) is 5.91 Å². The van der Waals surface area contributed by atoms with Crippen LogP contribution in [0.25, 0.3) is 0 Å². The van der Waals surface area contributed by atoms with Gasteiger partial charge in [0.05, 0.1) is 26.0 Å². The lowest BCUT2D eigenvalue weighted by atomic mass is 9.82. The van der Waals surface area contributed by atoms with Gasteiger partial charge in [-0.05, 0) is 99.9 Å². The summed E-state index contributed by atoms with van der Waals surface area (Å²) in [4.78, 5) is 74.5. The first-order chi connectivity index (χ1) is 29.8. The minimum atomic E-state index is -0.984. The molecule has 6 unspecified atom stereocenters. The Morgan fingerprint density at radius 2 is 1.13 bits per heavy atom. The van der Waals surface area contributed by atoms with E-state index < -0.39 is 5.97 Å². The monoisotopic (exact) mass is 842 g/mol. The highest BCUT2D eigenvalue weighted by Gasteiger charge is 2.47. The van der Waals surface area contributed by atoms with Crippen molar-refractivity contribution in [1.29, 1.82) is 0 Å². The van der Waals surface area contributed by atoms with Crippen molar-refractivity contribution in [2.45, 2.75) is 109 Å². The fourth-order valence-electron chi connectivity index (χ4n) is 9.39. The summed E-state index contributed by atoms with van der Waals surface area (Å²) >= 11 is 0. The second-order valence-corrected chi connectivity index (χ2v) is 16.8. The molecule has 2 aliphatic heterocycles. The number of aliphatic carboxylic acids is 1. The van der Waals surface area contributed by atoms with Crippen molar-refractivity contribution in [2.75, 3.05) is 16.9 Å². The molecular weight excluding hydrogens is 785 g/mol. The van der Waals surface area contributed by atoms with Gasteiger partial charge >= 0.3 is 11.9 Å². The van der Waals surface area contributed by atoms with E-state index in [0.717, 1.165) is 72.2 Å². The van der Waals surface area contributed by atoms with Crippen LogP contribution in [0, 0.1) is 25.7 Å². The molecule has 3 amide bonds. The van der Waals surface area contributed by atoms with Crippen molar-refractivity contribution in [3.8, 4) is 0 Å². The molecule has 0 radical (unpaired) electrons. The largest absolute Gasteiger partial charge is 0.481 e. The summed E-state index contributed by atoms with van der Waals surface area (Å²) in [6.07, 6.45) is 6.35. The molecule has 0 saturated heterocycles. The number of nitrogens with zero attached hydrogens (tertiary/aromatic N) is 2. The molecule has 0 bridgehead atoms. The number of carboxylic acids is 1. The first kappa shape index (κ1) is 45.4. The molecular formula is C50H58N4O8. The summed E-state index contributed by atoms with van der Waals surface area (Å²) in [5.41, 5.74) is 14.1. The van der Waals surface area contributed by atoms with Crippen LogP contribution in [0.15, 0.2) is 97.1 Å². The standard InChI is InChI=1S/C24H26N2O4.C20H22N2O.C6H10O3/c1-15-9-11-16(12-10-15)24(30)26-19-7-3-2-5-17(19)23(18-6-4-8-20(18)26)25-21(27)13-14-22(28)29;1-13-9-11-14(12-10-13)20(23)22-17-7-3-2-5-15(17)19(21)16-6-4-8-18(16)22;1-5(7)3-4-6(8)9-2/h2-3,5,7,9-12,18,20,23H,4,6,8,13-14H2,1H3,(H,25,27)(H,28,29);2-3,5,7,9-12,16,18-19H,4,6,8,21H2,1H3;3-4H2,1-2H3. The summed E-state index contributed by atoms with van der Waals surface area (Å²) in [6, 6.07) is 31.4. The highest BCUT2D eigenvalue weighted by molar-refractivity contribution is 6.08. The van der Waals surface area contributed by atoms with Crippen LogP contribution in [0.5, 0.6) is 0 Å². The predicted octanol–water partition coefficient (Wildman–Crippen LogP) is 8.20. The molecule has 2 heterocycles. The quantitative estimate of drug-likeness (QED) is 0.140. The van der Waals surface area contributed by atoms with Crippen molar-refractivity contribution in [2.24, 2.45) is 17.6 Å². The molecule has 326 valence electrons. The number of nitrogens with one attached hydrogen (secondary N) is 1. The third-order valence-corrected chi connectivity index (χ3v) is 12.5. The van der Waals surface area contributed by atoms with Crippen molar-refractivity contribution in [1.82, 2.24) is 5.32 Å². The number of carboxylic acid groups (broad SMARTS) is 1. The number of Topliss-reactive ketones (excluding diaryl/α,β-unsaturated/α-hetero) is 1. The lowest BCUT2D eigenvalue weighted by molar-refractivity contribution is -0.141. The van der Waals surface area contributed by atoms with Gasteiger partial charge in [-0.25, -0.2) is 0 Å². The number of nitrogens with two attached hydrogens (primary N) is 1. The molecule has 0 spiro atoms. The second kappa shape index (κ2) is 20.6. The van der Waals surface area contributed by atoms with Gasteiger partial charge in [-0.1, -0.05) is 84.6 Å². The molecule has 4 N–H and O–H groups in total. The van der Waals surface area contributed by atoms with Crippen LogP contribution >= 0.6 is 0 Å². The van der Waals surface area contributed by atoms with Crippen LogP contribution in [0.1, 0.15) is 126 Å². The fourth-order valence-corrected chi connectivity index (χ4v) is 9.39. The Balaban J connectivity index is 0.000000177. The Labute approximate surface area is 363 Å². The summed E-state index contributed by atoms with van der Waals surface area (Å²) < 4.78 is 4.31. The molecule has 12 nitrogen and oxygen atoms in total. The van der Waals surface area contributed by atoms with Gasteiger partial charge in [-0.3, -0.25) is 24.0 Å². The summed E-state index contributed by atoms with van der Waals surface area (Å²) in [5, 5.41) is 11.9. The molecule has 0 aromatic heterocycles. The number of ether oxygens (including phenoxy) is 1. The molecule has 8 rings (SSSR count). The van der Waals surface area contributed by atoms with Crippen molar-refractivity contribution >= 4 is 46.8 Å². The van der Waals surface area contributed by atoms with Gasteiger partial charge in [0.1, 0.15) is 5.78 Å². The molecule has 2 aliphatic carbocycles. The van der Waals surface area contributed by atoms with Crippen LogP contribution in [0.3, 0.4) is 0 Å². The third kappa shape index (κ3) is 10.5. The lowest BCUT2D eigenvalue weighted by Gasteiger charge is -2.44. The number of para-hydroxylation sites is 2. The first-order valence-corrected chi connectivity index (χ1v) is 21.6. The lowest BCUT2D eigenvalue weighted by Crippen LogP contribution is -2.51. The molecule has 62 heavy (non-hydrogen) atoms. The van der Waals surface area contributed by atoms with Crippen LogP contribution < -0.4 is 20.9 Å². The number of hydrogen-bond acceptors (Lipinski definition) is 8. The van der Waals surface area contributed by atoms with E-state index in [1.54, 1.807) is 0 Å². The number of carbonyl (C=O) groups excluding carboxylic acids is 5. The van der Waals surface area contributed by atoms with Gasteiger partial charge in [0, 0.05) is 59.4 Å². The van der Waals surface area contributed by atoms with E-state index in [9.17, 15) is 28.8 Å². The topological polar surface area (TPSA) is 176 Å². The number of carbonyl (C=O) groups is 6. The number of fused-ring (bicyclic) bond motifs is 4. The average Bonchev–Trinajstić information content (AvgIpc) is 3.97. The third-order valence-electron chi connectivity index (χ3n) is 12.5. The number of aryl methyl sites for hydroxylation is 2. The number of esters is 1. The Morgan fingerprint density at radius 3 is 1.65 bits per heavy atom. The highest BCUT2D eigenvalue weighted by Crippen LogP contribution is 2.49. The number of methoxy groups -OCH3 is 1. The summed E-state index contributed by atoms with van der Waals surface area (Å²) in [7, 11) is 1.31. The maximum absolute atomic E-state index is 13.5.